The van der Waals surface area contributed by atoms with Crippen LogP contribution in [0.15, 0.2) is 0 Å². The third-order valence-electron chi connectivity index (χ3n) is 4.22. The number of rotatable bonds is 9. The zero-order valence-electron chi connectivity index (χ0n) is 12.0. The van der Waals surface area contributed by atoms with Gasteiger partial charge in [0.1, 0.15) is 0 Å². The molecule has 3 atom stereocenters. The Morgan fingerprint density at radius 2 is 2.12 bits per heavy atom. The first-order valence-corrected chi connectivity index (χ1v) is 7.60. The summed E-state index contributed by atoms with van der Waals surface area (Å²) in [5, 5.41) is 3.53. The molecule has 1 rings (SSSR count). The second kappa shape index (κ2) is 8.93. The van der Waals surface area contributed by atoms with Crippen LogP contribution in [0.2, 0.25) is 0 Å². The molecule has 17 heavy (non-hydrogen) atoms. The molecule has 0 amide bonds. The third-order valence-corrected chi connectivity index (χ3v) is 4.22. The molecule has 1 N–H and O–H groups in total. The van der Waals surface area contributed by atoms with Crippen LogP contribution in [-0.4, -0.2) is 25.8 Å². The van der Waals surface area contributed by atoms with Crippen LogP contribution in [0.5, 0.6) is 0 Å². The third kappa shape index (κ3) is 5.39. The molecule has 0 aromatic carbocycles. The number of hydrogen-bond donors (Lipinski definition) is 1. The molecule has 2 heteroatoms. The van der Waals surface area contributed by atoms with Gasteiger partial charge in [-0.2, -0.15) is 0 Å². The molecular weight excluding hydrogens is 210 g/mol. The van der Waals surface area contributed by atoms with Crippen LogP contribution in [0.1, 0.15) is 65.2 Å². The summed E-state index contributed by atoms with van der Waals surface area (Å²) in [4.78, 5) is 0. The van der Waals surface area contributed by atoms with Crippen LogP contribution in [0.3, 0.4) is 0 Å². The van der Waals surface area contributed by atoms with Gasteiger partial charge >= 0.3 is 0 Å². The molecule has 1 fully saturated rings. The zero-order valence-corrected chi connectivity index (χ0v) is 12.0. The lowest BCUT2D eigenvalue weighted by molar-refractivity contribution is 0.0969. The molecule has 1 heterocycles. The zero-order chi connectivity index (χ0) is 12.5. The molecule has 1 saturated heterocycles. The van der Waals surface area contributed by atoms with Gasteiger partial charge in [-0.05, 0) is 45.1 Å². The first-order chi connectivity index (χ1) is 8.31. The van der Waals surface area contributed by atoms with Gasteiger partial charge in [0.05, 0.1) is 6.10 Å². The highest BCUT2D eigenvalue weighted by molar-refractivity contribution is 4.77. The molecule has 0 aromatic heterocycles. The maximum absolute atomic E-state index is 5.71. The second-order valence-corrected chi connectivity index (χ2v) is 5.42. The van der Waals surface area contributed by atoms with E-state index in [2.05, 4.69) is 26.2 Å². The highest BCUT2D eigenvalue weighted by Crippen LogP contribution is 2.23. The summed E-state index contributed by atoms with van der Waals surface area (Å²) < 4.78 is 5.71. The maximum atomic E-state index is 5.71. The summed E-state index contributed by atoms with van der Waals surface area (Å²) in [5.41, 5.74) is 0. The SMILES string of the molecule is CCCCC(CC)C(CCC1CCCO1)NC. The fourth-order valence-electron chi connectivity index (χ4n) is 3.01. The van der Waals surface area contributed by atoms with Crippen molar-refractivity contribution in [3.63, 3.8) is 0 Å². The van der Waals surface area contributed by atoms with Crippen molar-refractivity contribution in [2.45, 2.75) is 77.4 Å². The fraction of sp³-hybridized carbons (Fsp3) is 1.00. The van der Waals surface area contributed by atoms with E-state index in [-0.39, 0.29) is 0 Å². The van der Waals surface area contributed by atoms with E-state index in [0.717, 1.165) is 12.5 Å². The van der Waals surface area contributed by atoms with Crippen LogP contribution < -0.4 is 5.32 Å². The van der Waals surface area contributed by atoms with E-state index in [9.17, 15) is 0 Å². The van der Waals surface area contributed by atoms with Gasteiger partial charge in [0.15, 0.2) is 0 Å². The van der Waals surface area contributed by atoms with E-state index < -0.39 is 0 Å². The first kappa shape index (κ1) is 15.0. The summed E-state index contributed by atoms with van der Waals surface area (Å²) in [6.45, 7) is 5.60. The van der Waals surface area contributed by atoms with E-state index in [0.29, 0.717) is 12.1 Å². The van der Waals surface area contributed by atoms with E-state index in [1.807, 2.05) is 0 Å². The Labute approximate surface area is 108 Å². The Morgan fingerprint density at radius 1 is 1.29 bits per heavy atom. The van der Waals surface area contributed by atoms with Crippen molar-refractivity contribution in [3.05, 3.63) is 0 Å². The molecule has 0 aromatic rings. The molecule has 3 unspecified atom stereocenters. The Kier molecular flexibility index (Phi) is 7.87. The van der Waals surface area contributed by atoms with Gasteiger partial charge in [-0.25, -0.2) is 0 Å². The summed E-state index contributed by atoms with van der Waals surface area (Å²) in [5.74, 6) is 0.848. The highest BCUT2D eigenvalue weighted by Gasteiger charge is 2.21. The number of ether oxygens (including phenoxy) is 1. The Balaban J connectivity index is 2.28. The van der Waals surface area contributed by atoms with Crippen LogP contribution in [-0.2, 0) is 4.74 Å². The Bertz CT molecular complexity index is 178. The predicted octanol–water partition coefficient (Wildman–Crippen LogP) is 3.75. The summed E-state index contributed by atoms with van der Waals surface area (Å²) >= 11 is 0. The van der Waals surface area contributed by atoms with Gasteiger partial charge in [-0.15, -0.1) is 0 Å². The predicted molar refractivity (Wildman–Crippen MR) is 74.4 cm³/mol. The largest absolute Gasteiger partial charge is 0.378 e. The van der Waals surface area contributed by atoms with Crippen LogP contribution in [0.4, 0.5) is 0 Å². The van der Waals surface area contributed by atoms with Crippen molar-refractivity contribution in [2.24, 2.45) is 5.92 Å². The van der Waals surface area contributed by atoms with Gasteiger partial charge in [-0.1, -0.05) is 33.1 Å². The minimum atomic E-state index is 0.550. The van der Waals surface area contributed by atoms with Crippen LogP contribution in [0.25, 0.3) is 0 Å². The molecule has 102 valence electrons. The van der Waals surface area contributed by atoms with E-state index >= 15 is 0 Å². The lowest BCUT2D eigenvalue weighted by atomic mass is 9.88. The Hall–Kier alpha value is -0.0800. The van der Waals surface area contributed by atoms with Gasteiger partial charge in [-0.3, -0.25) is 0 Å². The topological polar surface area (TPSA) is 21.3 Å². The van der Waals surface area contributed by atoms with Crippen molar-refractivity contribution in [3.8, 4) is 0 Å². The monoisotopic (exact) mass is 241 g/mol. The number of nitrogens with one attached hydrogen (secondary N) is 1. The second-order valence-electron chi connectivity index (χ2n) is 5.42. The van der Waals surface area contributed by atoms with Gasteiger partial charge in [0.25, 0.3) is 0 Å². The Morgan fingerprint density at radius 3 is 2.65 bits per heavy atom. The van der Waals surface area contributed by atoms with Crippen molar-refractivity contribution in [1.29, 1.82) is 0 Å². The highest BCUT2D eigenvalue weighted by atomic mass is 16.5. The van der Waals surface area contributed by atoms with Crippen molar-refractivity contribution in [2.75, 3.05) is 13.7 Å². The van der Waals surface area contributed by atoms with Crippen molar-refractivity contribution in [1.82, 2.24) is 5.32 Å². The molecule has 0 radical (unpaired) electrons. The normalized spacial score (nSPS) is 23.8. The standard InChI is InChI=1S/C15H31NO/c1-4-6-8-13(5-2)15(16-3)11-10-14-9-7-12-17-14/h13-16H,4-12H2,1-3H3. The summed E-state index contributed by atoms with van der Waals surface area (Å²) in [6.07, 6.45) is 11.0. The van der Waals surface area contributed by atoms with Crippen molar-refractivity contribution < 1.29 is 4.74 Å². The molecule has 0 saturated carbocycles. The molecule has 2 nitrogen and oxygen atoms in total. The molecule has 1 aliphatic rings. The van der Waals surface area contributed by atoms with E-state index in [4.69, 9.17) is 4.74 Å². The molecular formula is C15H31NO. The smallest absolute Gasteiger partial charge is 0.0576 e. The maximum Gasteiger partial charge on any atom is 0.0576 e. The van der Waals surface area contributed by atoms with Crippen molar-refractivity contribution >= 4 is 0 Å². The average molecular weight is 241 g/mol. The van der Waals surface area contributed by atoms with Gasteiger partial charge in [0.2, 0.25) is 0 Å². The average Bonchev–Trinajstić information content (AvgIpc) is 2.86. The molecule has 0 spiro atoms. The number of unbranched alkanes of at least 4 members (excludes halogenated alkanes) is 1. The van der Waals surface area contributed by atoms with Crippen LogP contribution in [0, 0.1) is 5.92 Å². The summed E-state index contributed by atoms with van der Waals surface area (Å²) in [6, 6.07) is 0.691. The fourth-order valence-corrected chi connectivity index (χ4v) is 3.01. The molecule has 0 bridgehead atoms. The molecule has 0 aliphatic carbocycles. The van der Waals surface area contributed by atoms with E-state index in [1.54, 1.807) is 0 Å². The lowest BCUT2D eigenvalue weighted by Crippen LogP contribution is -2.34. The summed E-state index contributed by atoms with van der Waals surface area (Å²) in [7, 11) is 2.12. The molecule has 1 aliphatic heterocycles. The van der Waals surface area contributed by atoms with Gasteiger partial charge < -0.3 is 10.1 Å². The van der Waals surface area contributed by atoms with Crippen LogP contribution >= 0.6 is 0 Å². The quantitative estimate of drug-likeness (QED) is 0.664. The van der Waals surface area contributed by atoms with Gasteiger partial charge in [0, 0.05) is 12.6 Å². The van der Waals surface area contributed by atoms with E-state index in [1.165, 1.54) is 51.4 Å². The minimum absolute atomic E-state index is 0.550. The minimum Gasteiger partial charge on any atom is -0.378 e. The first-order valence-electron chi connectivity index (χ1n) is 7.60. The number of hydrogen-bond acceptors (Lipinski definition) is 2. The lowest BCUT2D eigenvalue weighted by Gasteiger charge is -2.27.